The Balaban J connectivity index is 1.57. The molecule has 3 rings (SSSR count). The van der Waals surface area contributed by atoms with Crippen molar-refractivity contribution in [2.45, 2.75) is 38.1 Å². The summed E-state index contributed by atoms with van der Waals surface area (Å²) in [5.74, 6) is 0.589. The first-order valence-corrected chi connectivity index (χ1v) is 8.51. The Morgan fingerprint density at radius 3 is 2.90 bits per heavy atom. The van der Waals surface area contributed by atoms with Crippen LogP contribution in [-0.2, 0) is 20.7 Å². The molecule has 0 unspecified atom stereocenters. The molecular formula is C16H21NO3S. The Labute approximate surface area is 128 Å². The van der Waals surface area contributed by atoms with Crippen LogP contribution in [0, 0.1) is 17.8 Å². The van der Waals surface area contributed by atoms with Crippen molar-refractivity contribution in [1.82, 2.24) is 5.32 Å². The zero-order valence-corrected chi connectivity index (χ0v) is 13.0. The maximum atomic E-state index is 12.2. The van der Waals surface area contributed by atoms with E-state index in [-0.39, 0.29) is 23.8 Å². The van der Waals surface area contributed by atoms with Gasteiger partial charge in [0.15, 0.2) is 0 Å². The molecule has 2 aliphatic rings. The Kier molecular flexibility index (Phi) is 4.29. The molecule has 1 N–H and O–H groups in total. The number of carbonyl (C=O) groups excluding carboxylic acids is 2. The molecule has 4 atom stereocenters. The molecule has 0 saturated heterocycles. The van der Waals surface area contributed by atoms with Crippen molar-refractivity contribution in [3.63, 3.8) is 0 Å². The number of methoxy groups -OCH3 is 1. The molecule has 5 heteroatoms. The van der Waals surface area contributed by atoms with E-state index >= 15 is 0 Å². The lowest BCUT2D eigenvalue weighted by Crippen LogP contribution is -2.47. The van der Waals surface area contributed by atoms with Gasteiger partial charge in [-0.1, -0.05) is 0 Å². The lowest BCUT2D eigenvalue weighted by atomic mass is 9.84. The van der Waals surface area contributed by atoms with Crippen molar-refractivity contribution < 1.29 is 14.3 Å². The Morgan fingerprint density at radius 1 is 1.38 bits per heavy atom. The van der Waals surface area contributed by atoms with E-state index in [1.807, 2.05) is 11.4 Å². The number of amides is 1. The van der Waals surface area contributed by atoms with Crippen LogP contribution >= 0.6 is 11.3 Å². The van der Waals surface area contributed by atoms with Crippen molar-refractivity contribution in [1.29, 1.82) is 0 Å². The molecule has 2 saturated carbocycles. The third-order valence-corrected chi connectivity index (χ3v) is 5.67. The van der Waals surface area contributed by atoms with Crippen LogP contribution in [0.1, 0.15) is 31.2 Å². The van der Waals surface area contributed by atoms with E-state index in [4.69, 9.17) is 4.74 Å². The predicted octanol–water partition coefficient (Wildman–Crippen LogP) is 2.38. The van der Waals surface area contributed by atoms with Crippen molar-refractivity contribution >= 4 is 23.2 Å². The second-order valence-electron chi connectivity index (χ2n) is 6.11. The maximum Gasteiger partial charge on any atom is 0.311 e. The molecule has 4 nitrogen and oxygen atoms in total. The van der Waals surface area contributed by atoms with E-state index in [0.717, 1.165) is 25.7 Å². The summed E-state index contributed by atoms with van der Waals surface area (Å²) >= 11 is 1.65. The normalized spacial score (nSPS) is 30.3. The molecule has 2 bridgehead atoms. The van der Waals surface area contributed by atoms with Crippen molar-refractivity contribution in [3.8, 4) is 0 Å². The van der Waals surface area contributed by atoms with Gasteiger partial charge in [0.25, 0.3) is 0 Å². The summed E-state index contributed by atoms with van der Waals surface area (Å²) in [5, 5.41) is 7.20. The first-order chi connectivity index (χ1) is 10.2. The van der Waals surface area contributed by atoms with Gasteiger partial charge in [0.05, 0.1) is 13.0 Å². The van der Waals surface area contributed by atoms with Crippen LogP contribution in [0.15, 0.2) is 16.8 Å². The van der Waals surface area contributed by atoms with Crippen molar-refractivity contribution in [2.24, 2.45) is 17.8 Å². The Hall–Kier alpha value is -1.36. The summed E-state index contributed by atoms with van der Waals surface area (Å²) in [4.78, 5) is 24.1. The minimum Gasteiger partial charge on any atom is -0.469 e. The number of hydrogen-bond acceptors (Lipinski definition) is 4. The fourth-order valence-electron chi connectivity index (χ4n) is 3.93. The highest BCUT2D eigenvalue weighted by Crippen LogP contribution is 2.48. The van der Waals surface area contributed by atoms with Gasteiger partial charge >= 0.3 is 5.97 Å². The van der Waals surface area contributed by atoms with Crippen LogP contribution in [-0.4, -0.2) is 25.0 Å². The Bertz CT molecular complexity index is 514. The van der Waals surface area contributed by atoms with Crippen LogP contribution in [0.2, 0.25) is 0 Å². The topological polar surface area (TPSA) is 55.4 Å². The molecule has 0 spiro atoms. The van der Waals surface area contributed by atoms with Gasteiger partial charge in [0.2, 0.25) is 5.91 Å². The number of aryl methyl sites for hydroxylation is 1. The largest absolute Gasteiger partial charge is 0.469 e. The van der Waals surface area contributed by atoms with Gasteiger partial charge < -0.3 is 10.1 Å². The minimum atomic E-state index is -0.162. The van der Waals surface area contributed by atoms with Gasteiger partial charge in [-0.3, -0.25) is 9.59 Å². The lowest BCUT2D eigenvalue weighted by molar-refractivity contribution is -0.148. The standard InChI is InChI=1S/C16H21NO3S/c1-20-16(19)14-11-3-4-12(8-11)15(14)17-13(18)5-2-10-6-7-21-9-10/h6-7,9,11-12,14-15H,2-5,8H2,1H3,(H,17,18)/t11-,12-,14-,15+/m0/s1. The number of esters is 1. The molecule has 1 aromatic rings. The maximum absolute atomic E-state index is 12.2. The van der Waals surface area contributed by atoms with Gasteiger partial charge in [0.1, 0.15) is 0 Å². The minimum absolute atomic E-state index is 0.0221. The average molecular weight is 307 g/mol. The number of thiophene rings is 1. The fourth-order valence-corrected chi connectivity index (χ4v) is 4.63. The first kappa shape index (κ1) is 14.6. The van der Waals surface area contributed by atoms with Crippen LogP contribution in [0.4, 0.5) is 0 Å². The van der Waals surface area contributed by atoms with Gasteiger partial charge in [0, 0.05) is 12.5 Å². The molecular weight excluding hydrogens is 286 g/mol. The third kappa shape index (κ3) is 2.98. The monoisotopic (exact) mass is 307 g/mol. The summed E-state index contributed by atoms with van der Waals surface area (Å²) in [5.41, 5.74) is 1.20. The number of nitrogens with one attached hydrogen (secondary N) is 1. The van der Waals surface area contributed by atoms with Gasteiger partial charge in [-0.2, -0.15) is 11.3 Å². The Morgan fingerprint density at radius 2 is 2.19 bits per heavy atom. The number of hydrogen-bond donors (Lipinski definition) is 1. The molecule has 0 aliphatic heterocycles. The van der Waals surface area contributed by atoms with Crippen LogP contribution in [0.3, 0.4) is 0 Å². The molecule has 21 heavy (non-hydrogen) atoms. The molecule has 1 aromatic heterocycles. The molecule has 114 valence electrons. The van der Waals surface area contributed by atoms with Gasteiger partial charge in [-0.05, 0) is 59.9 Å². The van der Waals surface area contributed by atoms with E-state index in [9.17, 15) is 9.59 Å². The van der Waals surface area contributed by atoms with Gasteiger partial charge in [-0.15, -0.1) is 0 Å². The molecule has 2 fully saturated rings. The number of ether oxygens (including phenoxy) is 1. The molecule has 2 aliphatic carbocycles. The zero-order chi connectivity index (χ0) is 14.8. The molecule has 0 aromatic carbocycles. The van der Waals surface area contributed by atoms with Crippen molar-refractivity contribution in [3.05, 3.63) is 22.4 Å². The van der Waals surface area contributed by atoms with Crippen LogP contribution in [0.25, 0.3) is 0 Å². The third-order valence-electron chi connectivity index (χ3n) is 4.94. The highest BCUT2D eigenvalue weighted by molar-refractivity contribution is 7.07. The second kappa shape index (κ2) is 6.18. The fraction of sp³-hybridized carbons (Fsp3) is 0.625. The first-order valence-electron chi connectivity index (χ1n) is 7.57. The summed E-state index contributed by atoms with van der Waals surface area (Å²) in [6, 6.07) is 2.03. The number of carbonyl (C=O) groups is 2. The van der Waals surface area contributed by atoms with Crippen LogP contribution in [0.5, 0.6) is 0 Å². The van der Waals surface area contributed by atoms with Gasteiger partial charge in [-0.25, -0.2) is 0 Å². The smallest absolute Gasteiger partial charge is 0.311 e. The number of fused-ring (bicyclic) bond motifs is 2. The summed E-state index contributed by atoms with van der Waals surface area (Å²) in [6.07, 6.45) is 4.51. The van der Waals surface area contributed by atoms with E-state index in [1.165, 1.54) is 12.7 Å². The summed E-state index contributed by atoms with van der Waals surface area (Å²) in [6.45, 7) is 0. The molecule has 1 amide bonds. The van der Waals surface area contributed by atoms with E-state index in [0.29, 0.717) is 18.3 Å². The van der Waals surface area contributed by atoms with Crippen LogP contribution < -0.4 is 5.32 Å². The second-order valence-corrected chi connectivity index (χ2v) is 6.89. The summed E-state index contributed by atoms with van der Waals surface area (Å²) in [7, 11) is 1.43. The highest BCUT2D eigenvalue weighted by Gasteiger charge is 2.51. The van der Waals surface area contributed by atoms with E-state index in [2.05, 4.69) is 10.7 Å². The average Bonchev–Trinajstić information content (AvgIpc) is 3.21. The highest BCUT2D eigenvalue weighted by atomic mass is 32.1. The van der Waals surface area contributed by atoms with E-state index in [1.54, 1.807) is 11.3 Å². The molecule has 0 radical (unpaired) electrons. The predicted molar refractivity (Wildman–Crippen MR) is 80.9 cm³/mol. The zero-order valence-electron chi connectivity index (χ0n) is 12.2. The SMILES string of the molecule is COC(=O)[C@H]1[C@H]2CC[C@@H](C2)[C@H]1NC(=O)CCc1ccsc1. The number of rotatable bonds is 5. The summed E-state index contributed by atoms with van der Waals surface area (Å²) < 4.78 is 4.93. The molecule has 1 heterocycles. The quantitative estimate of drug-likeness (QED) is 0.850. The lowest BCUT2D eigenvalue weighted by Gasteiger charge is -2.29. The van der Waals surface area contributed by atoms with E-state index < -0.39 is 0 Å². The van der Waals surface area contributed by atoms with Crippen molar-refractivity contribution in [2.75, 3.05) is 7.11 Å².